The molecule has 0 aromatic carbocycles. The fraction of sp³-hybridized carbons (Fsp3) is 0.500. The van der Waals surface area contributed by atoms with Gasteiger partial charge < -0.3 is 15.2 Å². The summed E-state index contributed by atoms with van der Waals surface area (Å²) in [6.45, 7) is 0. The minimum atomic E-state index is -4.76. The molecule has 1 aromatic rings. The third-order valence-corrected chi connectivity index (χ3v) is 1.59. The molecule has 0 spiro atoms. The number of H-pyrrole nitrogens is 1. The molecular formula is C6H6F3N3O3. The first-order valence-electron chi connectivity index (χ1n) is 3.74. The van der Waals surface area contributed by atoms with Crippen molar-refractivity contribution < 1.29 is 23.2 Å². The summed E-state index contributed by atoms with van der Waals surface area (Å²) in [6, 6.07) is 0.842. The Morgan fingerprint density at radius 2 is 2.27 bits per heavy atom. The minimum absolute atomic E-state index is 0.216. The van der Waals surface area contributed by atoms with E-state index in [4.69, 9.17) is 5.11 Å². The van der Waals surface area contributed by atoms with Crippen LogP contribution in [-0.2, 0) is 6.42 Å². The van der Waals surface area contributed by atoms with Gasteiger partial charge in [-0.25, -0.2) is 0 Å². The van der Waals surface area contributed by atoms with Crippen molar-refractivity contribution in [2.24, 2.45) is 0 Å². The average molecular weight is 225 g/mol. The molecule has 0 saturated carbocycles. The summed E-state index contributed by atoms with van der Waals surface area (Å²) in [6.07, 6.45) is -8.14. The lowest BCUT2D eigenvalue weighted by molar-refractivity contribution is -0.389. The number of nitrogens with zero attached hydrogens (tertiary/aromatic N) is 2. The smallest absolute Gasteiger partial charge is 0.383 e. The van der Waals surface area contributed by atoms with Gasteiger partial charge in [0.05, 0.1) is 11.8 Å². The van der Waals surface area contributed by atoms with Crippen molar-refractivity contribution in [1.82, 2.24) is 10.2 Å². The highest BCUT2D eigenvalue weighted by Crippen LogP contribution is 2.23. The molecule has 2 N–H and O–H groups in total. The molecule has 1 heterocycles. The fourth-order valence-electron chi connectivity index (χ4n) is 0.863. The topological polar surface area (TPSA) is 92.1 Å². The van der Waals surface area contributed by atoms with Crippen molar-refractivity contribution in [3.8, 4) is 0 Å². The Balaban J connectivity index is 2.69. The van der Waals surface area contributed by atoms with Crippen molar-refractivity contribution >= 4 is 5.82 Å². The second-order valence-corrected chi connectivity index (χ2v) is 2.76. The Hall–Kier alpha value is -1.64. The second-order valence-electron chi connectivity index (χ2n) is 2.76. The van der Waals surface area contributed by atoms with Gasteiger partial charge in [0.1, 0.15) is 0 Å². The molecule has 9 heteroatoms. The monoisotopic (exact) mass is 225 g/mol. The normalized spacial score (nSPS) is 13.9. The van der Waals surface area contributed by atoms with E-state index < -0.39 is 29.4 Å². The number of nitro groups is 1. The van der Waals surface area contributed by atoms with Gasteiger partial charge in [-0.2, -0.15) is 13.2 Å². The highest BCUT2D eigenvalue weighted by Gasteiger charge is 2.38. The van der Waals surface area contributed by atoms with E-state index in [-0.39, 0.29) is 5.69 Å². The molecule has 1 unspecified atom stereocenters. The Kier molecular flexibility index (Phi) is 2.93. The molecule has 0 radical (unpaired) electrons. The summed E-state index contributed by atoms with van der Waals surface area (Å²) in [5, 5.41) is 24.0. The summed E-state index contributed by atoms with van der Waals surface area (Å²) < 4.78 is 35.6. The third-order valence-electron chi connectivity index (χ3n) is 1.59. The van der Waals surface area contributed by atoms with Gasteiger partial charge in [0.2, 0.25) is 0 Å². The van der Waals surface area contributed by atoms with Gasteiger partial charge in [0, 0.05) is 6.42 Å². The molecule has 0 amide bonds. The van der Waals surface area contributed by atoms with Gasteiger partial charge in [-0.05, 0) is 4.92 Å². The highest BCUT2D eigenvalue weighted by molar-refractivity contribution is 5.21. The van der Waals surface area contributed by atoms with E-state index in [9.17, 15) is 23.3 Å². The number of aliphatic hydroxyl groups is 1. The maximum absolute atomic E-state index is 11.9. The van der Waals surface area contributed by atoms with E-state index in [1.54, 1.807) is 0 Å². The van der Waals surface area contributed by atoms with Crippen molar-refractivity contribution in [3.05, 3.63) is 21.9 Å². The fourth-order valence-corrected chi connectivity index (χ4v) is 0.863. The third kappa shape index (κ3) is 2.91. The molecule has 0 aliphatic heterocycles. The first-order valence-corrected chi connectivity index (χ1v) is 3.74. The Bertz CT molecular complexity index is 362. The molecule has 0 aliphatic rings. The maximum atomic E-state index is 11.9. The van der Waals surface area contributed by atoms with Gasteiger partial charge in [0.25, 0.3) is 0 Å². The first-order chi connectivity index (χ1) is 6.80. The summed E-state index contributed by atoms with van der Waals surface area (Å²) in [5.41, 5.74) is -0.216. The zero-order valence-corrected chi connectivity index (χ0v) is 7.15. The van der Waals surface area contributed by atoms with Crippen LogP contribution in [0.3, 0.4) is 0 Å². The average Bonchev–Trinajstić information content (AvgIpc) is 2.50. The number of aromatic amines is 1. The van der Waals surface area contributed by atoms with Crippen LogP contribution >= 0.6 is 0 Å². The van der Waals surface area contributed by atoms with E-state index in [1.165, 1.54) is 0 Å². The largest absolute Gasteiger partial charge is 0.414 e. The molecular weight excluding hydrogens is 219 g/mol. The zero-order valence-electron chi connectivity index (χ0n) is 7.15. The summed E-state index contributed by atoms with van der Waals surface area (Å²) in [4.78, 5) is 9.32. The van der Waals surface area contributed by atoms with Crippen molar-refractivity contribution in [2.45, 2.75) is 18.7 Å². The molecule has 0 saturated heterocycles. The first kappa shape index (κ1) is 11.4. The summed E-state index contributed by atoms with van der Waals surface area (Å²) in [7, 11) is 0. The Labute approximate surface area is 80.9 Å². The highest BCUT2D eigenvalue weighted by atomic mass is 19.4. The molecule has 0 fully saturated rings. The minimum Gasteiger partial charge on any atom is -0.383 e. The van der Waals surface area contributed by atoms with Crippen molar-refractivity contribution in [2.75, 3.05) is 0 Å². The molecule has 1 atom stereocenters. The van der Waals surface area contributed by atoms with Crippen LogP contribution in [0.5, 0.6) is 0 Å². The second kappa shape index (κ2) is 3.85. The Morgan fingerprint density at radius 3 is 2.67 bits per heavy atom. The van der Waals surface area contributed by atoms with Crippen LogP contribution in [0.25, 0.3) is 0 Å². The molecule has 15 heavy (non-hydrogen) atoms. The van der Waals surface area contributed by atoms with Gasteiger partial charge in [-0.3, -0.25) is 0 Å². The Morgan fingerprint density at radius 1 is 1.67 bits per heavy atom. The number of rotatable bonds is 3. The van der Waals surface area contributed by atoms with Crippen LogP contribution in [0.15, 0.2) is 6.07 Å². The van der Waals surface area contributed by atoms with E-state index in [0.29, 0.717) is 0 Å². The predicted molar refractivity (Wildman–Crippen MR) is 41.0 cm³/mol. The van der Waals surface area contributed by atoms with E-state index in [2.05, 4.69) is 5.10 Å². The number of hydrogen-bond donors (Lipinski definition) is 2. The molecule has 1 rings (SSSR count). The molecule has 0 bridgehead atoms. The molecule has 84 valence electrons. The van der Waals surface area contributed by atoms with Gasteiger partial charge in [-0.1, -0.05) is 5.10 Å². The quantitative estimate of drug-likeness (QED) is 0.587. The number of aromatic nitrogens is 2. The number of hydrogen-bond acceptors (Lipinski definition) is 4. The lowest BCUT2D eigenvalue weighted by atomic mass is 10.2. The van der Waals surface area contributed by atoms with Crippen LogP contribution < -0.4 is 0 Å². The van der Waals surface area contributed by atoms with Crippen LogP contribution in [-0.4, -0.2) is 32.5 Å². The van der Waals surface area contributed by atoms with Crippen molar-refractivity contribution in [3.63, 3.8) is 0 Å². The standard InChI is InChI=1S/C6H6F3N3O3/c7-6(8,9)4(13)1-3-2-5(11-10-3)12(14)15/h2,4,13H,1H2,(H,10,11). The van der Waals surface area contributed by atoms with Crippen molar-refractivity contribution in [1.29, 1.82) is 0 Å². The van der Waals surface area contributed by atoms with Crippen LogP contribution in [0.4, 0.5) is 19.0 Å². The molecule has 6 nitrogen and oxygen atoms in total. The van der Waals surface area contributed by atoms with Gasteiger partial charge in [-0.15, -0.1) is 5.10 Å². The van der Waals surface area contributed by atoms with Crippen LogP contribution in [0.1, 0.15) is 5.69 Å². The molecule has 0 aliphatic carbocycles. The lowest BCUT2D eigenvalue weighted by Gasteiger charge is -2.11. The van der Waals surface area contributed by atoms with Crippen LogP contribution in [0.2, 0.25) is 0 Å². The SMILES string of the molecule is O=[N+]([O-])c1cc(CC(O)C(F)(F)F)n[nH]1. The van der Waals surface area contributed by atoms with E-state index >= 15 is 0 Å². The predicted octanol–water partition coefficient (Wildman–Crippen LogP) is 0.784. The van der Waals surface area contributed by atoms with Gasteiger partial charge in [0.15, 0.2) is 6.10 Å². The maximum Gasteiger partial charge on any atom is 0.414 e. The lowest BCUT2D eigenvalue weighted by Crippen LogP contribution is -2.30. The van der Waals surface area contributed by atoms with Gasteiger partial charge >= 0.3 is 12.0 Å². The summed E-state index contributed by atoms with van der Waals surface area (Å²) >= 11 is 0. The summed E-state index contributed by atoms with van der Waals surface area (Å²) in [5.74, 6) is -0.514. The number of halogens is 3. The van der Waals surface area contributed by atoms with Crippen LogP contribution in [0, 0.1) is 10.1 Å². The van der Waals surface area contributed by atoms with E-state index in [0.717, 1.165) is 6.07 Å². The number of nitrogens with one attached hydrogen (secondary N) is 1. The number of alkyl halides is 3. The number of aliphatic hydroxyl groups excluding tert-OH is 1. The van der Waals surface area contributed by atoms with E-state index in [1.807, 2.05) is 5.10 Å². The molecule has 1 aromatic heterocycles. The zero-order chi connectivity index (χ0) is 11.6.